The van der Waals surface area contributed by atoms with Crippen LogP contribution in [0.3, 0.4) is 0 Å². The van der Waals surface area contributed by atoms with Gasteiger partial charge in [0.1, 0.15) is 5.70 Å². The summed E-state index contributed by atoms with van der Waals surface area (Å²) < 4.78 is 0. The van der Waals surface area contributed by atoms with Gasteiger partial charge in [-0.1, -0.05) is 65.7 Å². The first kappa shape index (κ1) is 28.2. The zero-order valence-corrected chi connectivity index (χ0v) is 23.2. The summed E-state index contributed by atoms with van der Waals surface area (Å²) in [5, 5.41) is 6.32. The maximum absolute atomic E-state index is 13.2. The van der Waals surface area contributed by atoms with Gasteiger partial charge in [0.2, 0.25) is 0 Å². The smallest absolute Gasteiger partial charge is 0.272 e. The summed E-state index contributed by atoms with van der Waals surface area (Å²) in [4.78, 5) is 39.4. The van der Waals surface area contributed by atoms with Gasteiger partial charge in [-0.15, -0.1) is 11.8 Å². The lowest BCUT2D eigenvalue weighted by atomic mass is 10.1. The fraction of sp³-hybridized carbons (Fsp3) is 0.0645. The van der Waals surface area contributed by atoms with Crippen molar-refractivity contribution in [2.45, 2.75) is 11.8 Å². The minimum atomic E-state index is -0.460. The van der Waals surface area contributed by atoms with E-state index in [1.165, 1.54) is 11.8 Å². The first-order chi connectivity index (χ1) is 18.8. The molecule has 0 atom stereocenters. The number of halogens is 2. The van der Waals surface area contributed by atoms with E-state index in [1.54, 1.807) is 60.7 Å². The Balaban J connectivity index is 1.44. The molecule has 5 nitrogen and oxygen atoms in total. The van der Waals surface area contributed by atoms with Crippen LogP contribution in [0.4, 0.5) is 5.69 Å². The summed E-state index contributed by atoms with van der Waals surface area (Å²) in [6.45, 7) is 1.93. The van der Waals surface area contributed by atoms with Crippen LogP contribution in [0, 0.1) is 6.92 Å². The molecule has 196 valence electrons. The number of anilines is 1. The largest absolute Gasteiger partial charge is 0.321 e. The number of carbonyl (C=O) groups excluding carboxylic acids is 3. The van der Waals surface area contributed by atoms with E-state index in [4.69, 9.17) is 23.2 Å². The Labute approximate surface area is 241 Å². The van der Waals surface area contributed by atoms with E-state index in [-0.39, 0.29) is 23.1 Å². The Hall–Kier alpha value is -3.84. The van der Waals surface area contributed by atoms with E-state index in [2.05, 4.69) is 10.6 Å². The van der Waals surface area contributed by atoms with Crippen molar-refractivity contribution in [3.8, 4) is 0 Å². The number of Topliss-reactive ketones (excluding diaryl/α,β-unsaturated/α-hetero) is 1. The highest BCUT2D eigenvalue weighted by Crippen LogP contribution is 2.25. The van der Waals surface area contributed by atoms with Gasteiger partial charge >= 0.3 is 0 Å². The van der Waals surface area contributed by atoms with Crippen LogP contribution in [0.15, 0.2) is 108 Å². The lowest BCUT2D eigenvalue weighted by molar-refractivity contribution is -0.113. The molecule has 0 bridgehead atoms. The van der Waals surface area contributed by atoms with Gasteiger partial charge in [-0.05, 0) is 78.7 Å². The molecule has 4 rings (SSSR count). The summed E-state index contributed by atoms with van der Waals surface area (Å²) in [6, 6.07) is 28.2. The molecule has 0 saturated heterocycles. The molecular weight excluding hydrogens is 551 g/mol. The maximum Gasteiger partial charge on any atom is 0.272 e. The SMILES string of the molecule is Cc1ccccc1/C=C(\NC(=O)c1ccccc1)C(=O)Nc1ccc(SCC(=O)c2ccc(Cl)c(Cl)c2)cc1. The summed E-state index contributed by atoms with van der Waals surface area (Å²) >= 11 is 13.3. The molecule has 0 heterocycles. The fourth-order valence-corrected chi connectivity index (χ4v) is 4.67. The number of hydrogen-bond donors (Lipinski definition) is 2. The van der Waals surface area contributed by atoms with Crippen molar-refractivity contribution >= 4 is 64.3 Å². The van der Waals surface area contributed by atoms with Gasteiger partial charge in [-0.2, -0.15) is 0 Å². The molecule has 2 N–H and O–H groups in total. The maximum atomic E-state index is 13.2. The zero-order valence-electron chi connectivity index (χ0n) is 20.9. The molecule has 0 saturated carbocycles. The Kier molecular flexibility index (Phi) is 9.60. The van der Waals surface area contributed by atoms with Gasteiger partial charge in [-0.25, -0.2) is 0 Å². The summed E-state index contributed by atoms with van der Waals surface area (Å²) in [5.74, 6) is -0.698. The number of carbonyl (C=O) groups is 3. The van der Waals surface area contributed by atoms with E-state index >= 15 is 0 Å². The minimum absolute atomic E-state index is 0.0731. The van der Waals surface area contributed by atoms with Crippen molar-refractivity contribution in [2.24, 2.45) is 0 Å². The second-order valence-electron chi connectivity index (χ2n) is 8.55. The lowest BCUT2D eigenvalue weighted by Gasteiger charge is -2.12. The summed E-state index contributed by atoms with van der Waals surface area (Å²) in [6.07, 6.45) is 1.66. The highest BCUT2D eigenvalue weighted by atomic mass is 35.5. The monoisotopic (exact) mass is 574 g/mol. The standard InChI is InChI=1S/C31H24Cl2N2O3S/c1-20-7-5-6-10-22(20)18-28(35-30(37)21-8-3-2-4-9-21)31(38)34-24-12-14-25(15-13-24)39-19-29(36)23-11-16-26(32)27(33)17-23/h2-18H,19H2,1H3,(H,34,38)(H,35,37)/b28-18-. The predicted molar refractivity (Wildman–Crippen MR) is 160 cm³/mol. The van der Waals surface area contributed by atoms with Gasteiger partial charge in [0.25, 0.3) is 11.8 Å². The molecule has 0 radical (unpaired) electrons. The number of thioether (sulfide) groups is 1. The average molecular weight is 576 g/mol. The zero-order chi connectivity index (χ0) is 27.8. The molecule has 0 fully saturated rings. The molecule has 2 amide bonds. The van der Waals surface area contributed by atoms with Crippen molar-refractivity contribution in [1.82, 2.24) is 5.32 Å². The van der Waals surface area contributed by atoms with Gasteiger partial charge in [0.15, 0.2) is 5.78 Å². The molecule has 0 spiro atoms. The van der Waals surface area contributed by atoms with Crippen molar-refractivity contribution in [1.29, 1.82) is 0 Å². The van der Waals surface area contributed by atoms with Crippen molar-refractivity contribution in [2.75, 3.05) is 11.1 Å². The van der Waals surface area contributed by atoms with E-state index in [0.29, 0.717) is 26.9 Å². The van der Waals surface area contributed by atoms with Crippen LogP contribution < -0.4 is 10.6 Å². The molecule has 0 unspecified atom stereocenters. The second-order valence-corrected chi connectivity index (χ2v) is 10.4. The molecule has 4 aromatic carbocycles. The van der Waals surface area contributed by atoms with E-state index in [9.17, 15) is 14.4 Å². The number of nitrogens with one attached hydrogen (secondary N) is 2. The van der Waals surface area contributed by atoms with E-state index < -0.39 is 5.91 Å². The van der Waals surface area contributed by atoms with Crippen LogP contribution in [0.5, 0.6) is 0 Å². The Morgan fingerprint density at radius 3 is 2.18 bits per heavy atom. The van der Waals surface area contributed by atoms with E-state index in [0.717, 1.165) is 16.0 Å². The molecule has 39 heavy (non-hydrogen) atoms. The predicted octanol–water partition coefficient (Wildman–Crippen LogP) is 7.69. The number of benzene rings is 4. The molecule has 0 aliphatic rings. The number of rotatable bonds is 9. The quantitative estimate of drug-likeness (QED) is 0.122. The molecule has 4 aromatic rings. The third-order valence-electron chi connectivity index (χ3n) is 5.74. The van der Waals surface area contributed by atoms with Gasteiger partial charge in [-0.3, -0.25) is 14.4 Å². The van der Waals surface area contributed by atoms with Gasteiger partial charge < -0.3 is 10.6 Å². The first-order valence-electron chi connectivity index (χ1n) is 12.0. The molecule has 8 heteroatoms. The average Bonchev–Trinajstić information content (AvgIpc) is 2.95. The summed E-state index contributed by atoms with van der Waals surface area (Å²) in [7, 11) is 0. The van der Waals surface area contributed by atoms with Gasteiger partial charge in [0.05, 0.1) is 15.8 Å². The van der Waals surface area contributed by atoms with Crippen LogP contribution in [-0.2, 0) is 4.79 Å². The first-order valence-corrected chi connectivity index (χ1v) is 13.7. The molecule has 0 aromatic heterocycles. The van der Waals surface area contributed by atoms with Crippen molar-refractivity contribution in [3.05, 3.63) is 135 Å². The Bertz CT molecular complexity index is 1540. The van der Waals surface area contributed by atoms with Crippen LogP contribution in [0.25, 0.3) is 6.08 Å². The third-order valence-corrected chi connectivity index (χ3v) is 7.49. The molecule has 0 aliphatic carbocycles. The topological polar surface area (TPSA) is 75.3 Å². The molecule has 0 aliphatic heterocycles. The van der Waals surface area contributed by atoms with Crippen LogP contribution in [0.2, 0.25) is 10.0 Å². The van der Waals surface area contributed by atoms with Crippen LogP contribution in [-0.4, -0.2) is 23.4 Å². The lowest BCUT2D eigenvalue weighted by Crippen LogP contribution is -2.30. The van der Waals surface area contributed by atoms with Crippen molar-refractivity contribution in [3.63, 3.8) is 0 Å². The van der Waals surface area contributed by atoms with Gasteiger partial charge in [0, 0.05) is 21.7 Å². The highest BCUT2D eigenvalue weighted by Gasteiger charge is 2.16. The normalized spacial score (nSPS) is 11.1. The summed E-state index contributed by atoms with van der Waals surface area (Å²) in [5.41, 5.74) is 3.38. The Morgan fingerprint density at radius 1 is 0.795 bits per heavy atom. The van der Waals surface area contributed by atoms with E-state index in [1.807, 2.05) is 49.4 Å². The number of amides is 2. The number of aryl methyl sites for hydroxylation is 1. The Morgan fingerprint density at radius 2 is 1.49 bits per heavy atom. The molecular formula is C31H24Cl2N2O3S. The van der Waals surface area contributed by atoms with Crippen LogP contribution in [0.1, 0.15) is 31.8 Å². The number of hydrogen-bond acceptors (Lipinski definition) is 4. The third kappa shape index (κ3) is 7.83. The van der Waals surface area contributed by atoms with Crippen LogP contribution >= 0.6 is 35.0 Å². The fourth-order valence-electron chi connectivity index (χ4n) is 3.58. The second kappa shape index (κ2) is 13.3. The number of ketones is 1. The highest BCUT2D eigenvalue weighted by molar-refractivity contribution is 8.00. The van der Waals surface area contributed by atoms with Crippen molar-refractivity contribution < 1.29 is 14.4 Å². The minimum Gasteiger partial charge on any atom is -0.321 e.